The van der Waals surface area contributed by atoms with E-state index in [2.05, 4.69) is 0 Å². The van der Waals surface area contributed by atoms with Gasteiger partial charge in [0.25, 0.3) is 10.1 Å². The van der Waals surface area contributed by atoms with Crippen LogP contribution in [-0.2, 0) is 10.1 Å². The lowest BCUT2D eigenvalue weighted by molar-refractivity contribution is 0.460. The van der Waals surface area contributed by atoms with E-state index in [0.29, 0.717) is 0 Å². The topological polar surface area (TPSA) is 54.4 Å². The van der Waals surface area contributed by atoms with Crippen molar-refractivity contribution in [2.45, 2.75) is 4.90 Å². The van der Waals surface area contributed by atoms with Crippen molar-refractivity contribution in [2.24, 2.45) is 0 Å². The lowest BCUT2D eigenvalue weighted by Gasteiger charge is -2.09. The molecule has 0 radical (unpaired) electrons. The van der Waals surface area contributed by atoms with E-state index in [1.165, 1.54) is 24.3 Å². The number of hydrogen-bond donors (Lipinski definition) is 1. The molecule has 0 atom stereocenters. The van der Waals surface area contributed by atoms with E-state index < -0.39 is 38.0 Å². The van der Waals surface area contributed by atoms with Gasteiger partial charge in [-0.2, -0.15) is 8.42 Å². The third kappa shape index (κ3) is 2.65. The van der Waals surface area contributed by atoms with Gasteiger partial charge in [-0.15, -0.1) is 0 Å². The van der Waals surface area contributed by atoms with Crippen LogP contribution in [0.2, 0.25) is 5.02 Å². The molecule has 0 aromatic heterocycles. The number of benzene rings is 2. The van der Waals surface area contributed by atoms with E-state index in [0.717, 1.165) is 0 Å². The van der Waals surface area contributed by atoms with Crippen molar-refractivity contribution in [3.8, 4) is 11.1 Å². The first-order valence-corrected chi connectivity index (χ1v) is 6.94. The van der Waals surface area contributed by atoms with Crippen LogP contribution in [0.3, 0.4) is 0 Å². The highest BCUT2D eigenvalue weighted by atomic mass is 35.5. The van der Waals surface area contributed by atoms with E-state index in [1.54, 1.807) is 0 Å². The van der Waals surface area contributed by atoms with Crippen LogP contribution in [0.25, 0.3) is 11.1 Å². The Morgan fingerprint density at radius 1 is 1.00 bits per heavy atom. The molecule has 2 rings (SSSR count). The summed E-state index contributed by atoms with van der Waals surface area (Å²) in [5.41, 5.74) is -1.01. The van der Waals surface area contributed by atoms with E-state index in [9.17, 15) is 21.6 Å². The van der Waals surface area contributed by atoms with Gasteiger partial charge in [0.15, 0.2) is 17.5 Å². The van der Waals surface area contributed by atoms with Gasteiger partial charge >= 0.3 is 0 Å². The van der Waals surface area contributed by atoms with Gasteiger partial charge in [-0.1, -0.05) is 23.7 Å². The molecule has 0 saturated carbocycles. The minimum atomic E-state index is -5.02. The molecule has 8 heteroatoms. The first-order chi connectivity index (χ1) is 9.21. The SMILES string of the molecule is O=S(=O)(O)c1cc(F)c(F)c(-c2ccc(Cl)cc2)c1F. The Kier molecular flexibility index (Phi) is 3.77. The molecule has 0 aliphatic rings. The van der Waals surface area contributed by atoms with Crippen molar-refractivity contribution in [2.75, 3.05) is 0 Å². The van der Waals surface area contributed by atoms with E-state index in [4.69, 9.17) is 16.2 Å². The van der Waals surface area contributed by atoms with Crippen molar-refractivity contribution >= 4 is 21.7 Å². The molecule has 3 nitrogen and oxygen atoms in total. The standard InChI is InChI=1S/C12H6ClF3O3S/c13-7-3-1-6(2-4-7)10-11(15)8(14)5-9(12(10)16)20(17,18)19/h1-5H,(H,17,18,19). The average molecular weight is 323 g/mol. The summed E-state index contributed by atoms with van der Waals surface area (Å²) in [6.07, 6.45) is 0. The number of rotatable bonds is 2. The van der Waals surface area contributed by atoms with Gasteiger partial charge in [0, 0.05) is 11.1 Å². The summed E-state index contributed by atoms with van der Waals surface area (Å²) < 4.78 is 71.8. The molecule has 1 N–H and O–H groups in total. The zero-order valence-electron chi connectivity index (χ0n) is 9.57. The summed E-state index contributed by atoms with van der Waals surface area (Å²) in [5, 5.41) is 0.279. The van der Waals surface area contributed by atoms with Gasteiger partial charge in [0.1, 0.15) is 4.90 Å². The lowest BCUT2D eigenvalue weighted by atomic mass is 10.0. The molecule has 20 heavy (non-hydrogen) atoms. The van der Waals surface area contributed by atoms with E-state index in [1.807, 2.05) is 0 Å². The molecule has 0 aliphatic carbocycles. The van der Waals surface area contributed by atoms with Crippen molar-refractivity contribution in [3.63, 3.8) is 0 Å². The Balaban J connectivity index is 2.82. The van der Waals surface area contributed by atoms with Crippen molar-refractivity contribution in [1.82, 2.24) is 0 Å². The maximum absolute atomic E-state index is 14.0. The third-order valence-corrected chi connectivity index (χ3v) is 3.64. The van der Waals surface area contributed by atoms with Gasteiger partial charge in [-0.25, -0.2) is 13.2 Å². The summed E-state index contributed by atoms with van der Waals surface area (Å²) >= 11 is 5.62. The van der Waals surface area contributed by atoms with Crippen LogP contribution < -0.4 is 0 Å². The molecule has 0 saturated heterocycles. The Bertz CT molecular complexity index is 774. The average Bonchev–Trinajstić information content (AvgIpc) is 2.35. The zero-order chi connectivity index (χ0) is 15.1. The van der Waals surface area contributed by atoms with Crippen LogP contribution in [-0.4, -0.2) is 13.0 Å². The second kappa shape index (κ2) is 5.08. The van der Waals surface area contributed by atoms with Crippen molar-refractivity contribution < 1.29 is 26.1 Å². The van der Waals surface area contributed by atoms with Crippen LogP contribution in [0.1, 0.15) is 0 Å². The zero-order valence-corrected chi connectivity index (χ0v) is 11.1. The molecule has 0 heterocycles. The normalized spacial score (nSPS) is 11.7. The molecular formula is C12H6ClF3O3S. The molecular weight excluding hydrogens is 317 g/mol. The molecule has 106 valence electrons. The van der Waals surface area contributed by atoms with Crippen molar-refractivity contribution in [3.05, 3.63) is 52.8 Å². The van der Waals surface area contributed by atoms with Crippen LogP contribution in [0, 0.1) is 17.5 Å². The number of hydrogen-bond acceptors (Lipinski definition) is 2. The fourth-order valence-electron chi connectivity index (χ4n) is 1.64. The summed E-state index contributed by atoms with van der Waals surface area (Å²) in [5.74, 6) is -4.73. The van der Waals surface area contributed by atoms with Crippen LogP contribution in [0.15, 0.2) is 35.2 Å². The monoisotopic (exact) mass is 322 g/mol. The fraction of sp³-hybridized carbons (Fsp3) is 0. The fourth-order valence-corrected chi connectivity index (χ4v) is 2.35. The van der Waals surface area contributed by atoms with E-state index in [-0.39, 0.29) is 16.7 Å². The molecule has 2 aromatic carbocycles. The first-order valence-electron chi connectivity index (χ1n) is 5.12. The summed E-state index contributed by atoms with van der Waals surface area (Å²) in [7, 11) is -5.02. The van der Waals surface area contributed by atoms with Gasteiger partial charge in [0.2, 0.25) is 0 Å². The smallest absolute Gasteiger partial charge is 0.282 e. The molecule has 0 fully saturated rings. The maximum atomic E-state index is 14.0. The Morgan fingerprint density at radius 3 is 2.05 bits per heavy atom. The molecule has 0 amide bonds. The Labute approximate surface area is 117 Å². The predicted molar refractivity (Wildman–Crippen MR) is 66.6 cm³/mol. The summed E-state index contributed by atoms with van der Waals surface area (Å²) in [6.45, 7) is 0. The molecule has 0 spiro atoms. The van der Waals surface area contributed by atoms with Crippen LogP contribution in [0.5, 0.6) is 0 Å². The lowest BCUT2D eigenvalue weighted by Crippen LogP contribution is -2.06. The minimum absolute atomic E-state index is 0.0828. The van der Waals surface area contributed by atoms with Gasteiger partial charge < -0.3 is 0 Å². The third-order valence-electron chi connectivity index (χ3n) is 2.53. The highest BCUT2D eigenvalue weighted by molar-refractivity contribution is 7.85. The highest BCUT2D eigenvalue weighted by Gasteiger charge is 2.26. The molecule has 2 aromatic rings. The van der Waals surface area contributed by atoms with Crippen LogP contribution in [0.4, 0.5) is 13.2 Å². The second-order valence-electron chi connectivity index (χ2n) is 3.84. The Hall–Kier alpha value is -1.57. The van der Waals surface area contributed by atoms with Gasteiger partial charge in [-0.05, 0) is 17.7 Å². The second-order valence-corrected chi connectivity index (χ2v) is 5.67. The maximum Gasteiger partial charge on any atom is 0.297 e. The number of halogens is 4. The molecule has 0 unspecified atom stereocenters. The predicted octanol–water partition coefficient (Wildman–Crippen LogP) is 3.67. The van der Waals surface area contributed by atoms with Crippen molar-refractivity contribution in [1.29, 1.82) is 0 Å². The summed E-state index contributed by atoms with van der Waals surface area (Å²) in [6, 6.07) is 5.06. The molecule has 0 aliphatic heterocycles. The van der Waals surface area contributed by atoms with Gasteiger partial charge in [-0.3, -0.25) is 4.55 Å². The Morgan fingerprint density at radius 2 is 1.55 bits per heavy atom. The molecule has 0 bridgehead atoms. The first kappa shape index (κ1) is 14.8. The summed E-state index contributed by atoms with van der Waals surface area (Å²) in [4.78, 5) is -1.33. The minimum Gasteiger partial charge on any atom is -0.282 e. The quantitative estimate of drug-likeness (QED) is 0.678. The van der Waals surface area contributed by atoms with Crippen LogP contribution >= 0.6 is 11.6 Å². The van der Waals surface area contributed by atoms with Gasteiger partial charge in [0.05, 0.1) is 5.56 Å². The highest BCUT2D eigenvalue weighted by Crippen LogP contribution is 2.32. The largest absolute Gasteiger partial charge is 0.297 e. The van der Waals surface area contributed by atoms with E-state index >= 15 is 0 Å².